The lowest BCUT2D eigenvalue weighted by Crippen LogP contribution is -2.35. The topological polar surface area (TPSA) is 23.5 Å². The maximum atomic E-state index is 9.65. The Bertz CT molecular complexity index is 566. The van der Waals surface area contributed by atoms with Crippen LogP contribution in [-0.2, 0) is 0 Å². The molecule has 0 amide bonds. The van der Waals surface area contributed by atoms with Gasteiger partial charge in [-0.1, -0.05) is 48.2 Å². The van der Waals surface area contributed by atoms with Crippen LogP contribution < -0.4 is 0 Å². The normalized spacial score (nSPS) is 23.5. The first-order chi connectivity index (χ1) is 10.9. The Morgan fingerprint density at radius 3 is 2.77 bits per heavy atom. The molecule has 0 radical (unpaired) electrons. The van der Waals surface area contributed by atoms with E-state index >= 15 is 0 Å². The first kappa shape index (κ1) is 15.3. The van der Waals surface area contributed by atoms with Gasteiger partial charge < -0.3 is 5.11 Å². The first-order valence-electron chi connectivity index (χ1n) is 8.50. The fourth-order valence-electron chi connectivity index (χ4n) is 3.50. The molecule has 0 bridgehead atoms. The molecule has 1 saturated heterocycles. The van der Waals surface area contributed by atoms with E-state index in [0.29, 0.717) is 0 Å². The number of hydrogen-bond acceptors (Lipinski definition) is 2. The van der Waals surface area contributed by atoms with Gasteiger partial charge in [-0.15, -0.1) is 0 Å². The van der Waals surface area contributed by atoms with Crippen molar-refractivity contribution in [2.45, 2.75) is 50.6 Å². The highest BCUT2D eigenvalue weighted by atomic mass is 16.3. The highest BCUT2D eigenvalue weighted by Gasteiger charge is 2.30. The van der Waals surface area contributed by atoms with E-state index < -0.39 is 0 Å². The number of rotatable bonds is 3. The number of nitrogens with zero attached hydrogens (tertiary/aromatic N) is 1. The van der Waals surface area contributed by atoms with Crippen LogP contribution in [0.25, 0.3) is 0 Å². The van der Waals surface area contributed by atoms with Crippen LogP contribution in [0, 0.1) is 11.8 Å². The molecule has 1 aliphatic heterocycles. The van der Waals surface area contributed by atoms with E-state index in [2.05, 4.69) is 47.1 Å². The molecule has 2 aliphatic rings. The van der Waals surface area contributed by atoms with Crippen LogP contribution in [0.15, 0.2) is 42.0 Å². The Morgan fingerprint density at radius 2 is 2.05 bits per heavy atom. The van der Waals surface area contributed by atoms with Crippen LogP contribution in [0.5, 0.6) is 0 Å². The van der Waals surface area contributed by atoms with E-state index in [0.717, 1.165) is 25.8 Å². The highest BCUT2D eigenvalue weighted by molar-refractivity contribution is 5.35. The fourth-order valence-corrected chi connectivity index (χ4v) is 3.50. The van der Waals surface area contributed by atoms with Gasteiger partial charge in [0.15, 0.2) is 0 Å². The largest absolute Gasteiger partial charge is 0.395 e. The molecule has 2 nitrogen and oxygen atoms in total. The van der Waals surface area contributed by atoms with E-state index in [9.17, 15) is 5.11 Å². The van der Waals surface area contributed by atoms with Crippen LogP contribution in [-0.4, -0.2) is 29.2 Å². The number of likely N-dealkylation sites (tertiary alicyclic amines) is 1. The minimum atomic E-state index is 0.101. The molecule has 0 saturated carbocycles. The van der Waals surface area contributed by atoms with Gasteiger partial charge in [0.25, 0.3) is 0 Å². The number of hydrogen-bond donors (Lipinski definition) is 1. The summed E-state index contributed by atoms with van der Waals surface area (Å²) in [5.74, 6) is 6.94. The number of benzene rings is 1. The van der Waals surface area contributed by atoms with Crippen molar-refractivity contribution >= 4 is 0 Å². The molecular formula is C20H25NO. The Labute approximate surface area is 133 Å². The van der Waals surface area contributed by atoms with Crippen LogP contribution in [0.3, 0.4) is 0 Å². The van der Waals surface area contributed by atoms with Crippen molar-refractivity contribution in [2.24, 2.45) is 0 Å². The Morgan fingerprint density at radius 1 is 1.18 bits per heavy atom. The van der Waals surface area contributed by atoms with E-state index in [1.807, 2.05) is 6.07 Å². The van der Waals surface area contributed by atoms with Crippen molar-refractivity contribution in [3.8, 4) is 11.8 Å². The van der Waals surface area contributed by atoms with Crippen LogP contribution in [0.1, 0.15) is 50.1 Å². The summed E-state index contributed by atoms with van der Waals surface area (Å²) in [6.45, 7) is 1.26. The van der Waals surface area contributed by atoms with Gasteiger partial charge in [0.2, 0.25) is 0 Å². The SMILES string of the molecule is OC[C@@H]1CCCN1[C@H](C#CC1=CCCCC1)c1ccccc1. The summed E-state index contributed by atoms with van der Waals surface area (Å²) in [5.41, 5.74) is 2.54. The summed E-state index contributed by atoms with van der Waals surface area (Å²) in [4.78, 5) is 2.38. The summed E-state index contributed by atoms with van der Waals surface area (Å²) in [6, 6.07) is 10.9. The second-order valence-corrected chi connectivity index (χ2v) is 6.27. The van der Waals surface area contributed by atoms with Gasteiger partial charge in [0, 0.05) is 12.6 Å². The van der Waals surface area contributed by atoms with Crippen molar-refractivity contribution < 1.29 is 5.11 Å². The molecule has 1 aliphatic carbocycles. The zero-order valence-corrected chi connectivity index (χ0v) is 13.2. The van der Waals surface area contributed by atoms with Crippen LogP contribution >= 0.6 is 0 Å². The average molecular weight is 295 g/mol. The van der Waals surface area contributed by atoms with Gasteiger partial charge in [-0.3, -0.25) is 4.90 Å². The smallest absolute Gasteiger partial charge is 0.0977 e. The standard InChI is InChI=1S/C20H25NO/c22-16-19-12-7-15-21(19)20(18-10-5-2-6-11-18)14-13-17-8-3-1-4-9-17/h2,5-6,8,10-11,19-20,22H,1,3-4,7,9,12,15-16H2/t19-,20+/m0/s1. The van der Waals surface area contributed by atoms with Crippen LogP contribution in [0.2, 0.25) is 0 Å². The molecule has 1 N–H and O–H groups in total. The zero-order chi connectivity index (χ0) is 15.2. The van der Waals surface area contributed by atoms with Crippen molar-refractivity contribution in [3.63, 3.8) is 0 Å². The molecular weight excluding hydrogens is 270 g/mol. The summed E-state index contributed by atoms with van der Waals surface area (Å²) < 4.78 is 0. The van der Waals surface area contributed by atoms with Gasteiger partial charge in [-0.25, -0.2) is 0 Å². The molecule has 1 heterocycles. The predicted molar refractivity (Wildman–Crippen MR) is 90.3 cm³/mol. The lowest BCUT2D eigenvalue weighted by Gasteiger charge is -2.29. The van der Waals surface area contributed by atoms with E-state index in [4.69, 9.17) is 0 Å². The lowest BCUT2D eigenvalue weighted by atomic mass is 9.98. The highest BCUT2D eigenvalue weighted by Crippen LogP contribution is 2.29. The molecule has 2 heteroatoms. The van der Waals surface area contributed by atoms with Crippen LogP contribution in [0.4, 0.5) is 0 Å². The van der Waals surface area contributed by atoms with Gasteiger partial charge >= 0.3 is 0 Å². The minimum absolute atomic E-state index is 0.101. The van der Waals surface area contributed by atoms with Crippen molar-refractivity contribution in [1.82, 2.24) is 4.90 Å². The molecule has 0 aromatic heterocycles. The van der Waals surface area contributed by atoms with Crippen molar-refractivity contribution in [2.75, 3.05) is 13.2 Å². The number of aliphatic hydroxyl groups is 1. The molecule has 1 fully saturated rings. The minimum Gasteiger partial charge on any atom is -0.395 e. The molecule has 116 valence electrons. The summed E-state index contributed by atoms with van der Waals surface area (Å²) >= 11 is 0. The Kier molecular flexibility index (Phi) is 5.32. The fraction of sp³-hybridized carbons (Fsp3) is 0.500. The summed E-state index contributed by atoms with van der Waals surface area (Å²) in [7, 11) is 0. The maximum absolute atomic E-state index is 9.65. The van der Waals surface area contributed by atoms with Gasteiger partial charge in [-0.05, 0) is 49.7 Å². The summed E-state index contributed by atoms with van der Waals surface area (Å²) in [5, 5.41) is 9.65. The first-order valence-corrected chi connectivity index (χ1v) is 8.50. The van der Waals surface area contributed by atoms with Gasteiger partial charge in [0.05, 0.1) is 12.6 Å². The monoisotopic (exact) mass is 295 g/mol. The van der Waals surface area contributed by atoms with E-state index in [1.54, 1.807) is 0 Å². The third-order valence-electron chi connectivity index (χ3n) is 4.74. The molecule has 22 heavy (non-hydrogen) atoms. The molecule has 3 rings (SSSR count). The quantitative estimate of drug-likeness (QED) is 0.860. The third kappa shape index (κ3) is 3.61. The third-order valence-corrected chi connectivity index (χ3v) is 4.74. The molecule has 0 unspecified atom stereocenters. The van der Waals surface area contributed by atoms with Gasteiger partial charge in [-0.2, -0.15) is 0 Å². The van der Waals surface area contributed by atoms with Crippen molar-refractivity contribution in [3.05, 3.63) is 47.5 Å². The van der Waals surface area contributed by atoms with Crippen molar-refractivity contribution in [1.29, 1.82) is 0 Å². The summed E-state index contributed by atoms with van der Waals surface area (Å²) in [6.07, 6.45) is 9.38. The van der Waals surface area contributed by atoms with E-state index in [1.165, 1.54) is 30.4 Å². The maximum Gasteiger partial charge on any atom is 0.0977 e. The number of aliphatic hydroxyl groups excluding tert-OH is 1. The van der Waals surface area contributed by atoms with Gasteiger partial charge in [0.1, 0.15) is 0 Å². The molecule has 1 aromatic carbocycles. The zero-order valence-electron chi connectivity index (χ0n) is 13.2. The Hall–Kier alpha value is -1.56. The molecule has 0 spiro atoms. The average Bonchev–Trinajstić information content (AvgIpc) is 3.05. The second kappa shape index (κ2) is 7.63. The number of allylic oxidation sites excluding steroid dienone is 2. The second-order valence-electron chi connectivity index (χ2n) is 6.27. The molecule has 1 aromatic rings. The Balaban J connectivity index is 1.86. The van der Waals surface area contributed by atoms with E-state index in [-0.39, 0.29) is 18.7 Å². The predicted octanol–water partition coefficient (Wildman–Crippen LogP) is 3.69. The lowest BCUT2D eigenvalue weighted by molar-refractivity contribution is 0.140. The molecule has 2 atom stereocenters.